The number of para-hydroxylation sites is 2. The second-order valence-electron chi connectivity index (χ2n) is 7.34. The lowest BCUT2D eigenvalue weighted by atomic mass is 10.2. The van der Waals surface area contributed by atoms with Gasteiger partial charge in [-0.1, -0.05) is 71.9 Å². The van der Waals surface area contributed by atoms with Crippen LogP contribution in [0.25, 0.3) is 0 Å². The summed E-state index contributed by atoms with van der Waals surface area (Å²) in [4.78, 5) is 32.5. The number of methoxy groups -OCH3 is 1. The molecule has 2 amide bonds. The van der Waals surface area contributed by atoms with Crippen LogP contribution in [0.4, 0.5) is 11.4 Å². The Morgan fingerprint density at radius 3 is 2.64 bits per heavy atom. The molecule has 1 atom stereocenters. The fraction of sp³-hybridized carbons (Fsp3) is 0.160. The van der Waals surface area contributed by atoms with E-state index >= 15 is 0 Å². The van der Waals surface area contributed by atoms with Crippen molar-refractivity contribution in [3.05, 3.63) is 89.4 Å². The fourth-order valence-corrected chi connectivity index (χ4v) is 4.66. The van der Waals surface area contributed by atoms with Crippen LogP contribution >= 0.6 is 23.4 Å². The third-order valence-electron chi connectivity index (χ3n) is 5.01. The van der Waals surface area contributed by atoms with Crippen molar-refractivity contribution in [2.75, 3.05) is 12.4 Å². The molecule has 0 saturated carbocycles. The number of hydrogen-bond acceptors (Lipinski definition) is 5. The first-order valence-corrected chi connectivity index (χ1v) is 11.6. The molecule has 1 saturated heterocycles. The van der Waals surface area contributed by atoms with E-state index in [0.717, 1.165) is 5.56 Å². The minimum atomic E-state index is -0.632. The van der Waals surface area contributed by atoms with E-state index in [1.165, 1.54) is 11.8 Å². The molecule has 8 heteroatoms. The molecule has 1 unspecified atom stereocenters. The zero-order chi connectivity index (χ0) is 23.2. The van der Waals surface area contributed by atoms with Crippen LogP contribution in [0.5, 0.6) is 5.75 Å². The summed E-state index contributed by atoms with van der Waals surface area (Å²) in [5.74, 6) is 0.103. The van der Waals surface area contributed by atoms with Gasteiger partial charge in [0.15, 0.2) is 5.17 Å². The van der Waals surface area contributed by atoms with Gasteiger partial charge in [0.2, 0.25) is 11.8 Å². The van der Waals surface area contributed by atoms with Crippen LogP contribution in [0.15, 0.2) is 83.9 Å². The molecule has 0 bridgehead atoms. The van der Waals surface area contributed by atoms with Gasteiger partial charge in [0.25, 0.3) is 0 Å². The van der Waals surface area contributed by atoms with Gasteiger partial charge in [0.1, 0.15) is 11.0 Å². The van der Waals surface area contributed by atoms with E-state index in [1.54, 1.807) is 42.3 Å². The number of benzene rings is 3. The third-order valence-corrected chi connectivity index (χ3v) is 6.44. The number of carbonyl (C=O) groups excluding carboxylic acids is 2. The number of ether oxygens (including phenoxy) is 1. The van der Waals surface area contributed by atoms with Crippen LogP contribution in [0.1, 0.15) is 12.0 Å². The normalized spacial score (nSPS) is 17.2. The summed E-state index contributed by atoms with van der Waals surface area (Å²) in [5.41, 5.74) is 2.14. The lowest BCUT2D eigenvalue weighted by Crippen LogP contribution is -2.44. The predicted octanol–water partition coefficient (Wildman–Crippen LogP) is 5.51. The molecule has 3 aromatic rings. The van der Waals surface area contributed by atoms with Crippen LogP contribution in [0.2, 0.25) is 5.02 Å². The molecular weight excluding hydrogens is 458 g/mol. The molecule has 1 heterocycles. The Morgan fingerprint density at radius 1 is 1.12 bits per heavy atom. The van der Waals surface area contributed by atoms with Gasteiger partial charge in [-0.05, 0) is 35.9 Å². The third kappa shape index (κ3) is 5.74. The summed E-state index contributed by atoms with van der Waals surface area (Å²) in [6.07, 6.45) is 0.0625. The van der Waals surface area contributed by atoms with Crippen molar-refractivity contribution in [3.8, 4) is 5.75 Å². The molecule has 1 N–H and O–H groups in total. The van der Waals surface area contributed by atoms with Gasteiger partial charge in [0.05, 0.1) is 25.0 Å². The van der Waals surface area contributed by atoms with Crippen molar-refractivity contribution >= 4 is 51.7 Å². The maximum Gasteiger partial charge on any atom is 0.238 e. The molecule has 33 heavy (non-hydrogen) atoms. The second kappa shape index (κ2) is 10.6. The van der Waals surface area contributed by atoms with E-state index < -0.39 is 5.25 Å². The number of nitrogens with one attached hydrogen (secondary N) is 1. The lowest BCUT2D eigenvalue weighted by Gasteiger charge is -2.32. The van der Waals surface area contributed by atoms with Crippen molar-refractivity contribution in [2.45, 2.75) is 18.2 Å². The second-order valence-corrected chi connectivity index (χ2v) is 8.95. The number of amides is 2. The number of hydrogen-bond donors (Lipinski definition) is 1. The number of thioether (sulfide) groups is 1. The molecule has 1 aliphatic heterocycles. The Labute approximate surface area is 201 Å². The van der Waals surface area contributed by atoms with E-state index in [2.05, 4.69) is 10.3 Å². The predicted molar refractivity (Wildman–Crippen MR) is 133 cm³/mol. The molecule has 1 aliphatic rings. The molecule has 3 aromatic carbocycles. The topological polar surface area (TPSA) is 71.0 Å². The van der Waals surface area contributed by atoms with Crippen LogP contribution in [0, 0.1) is 0 Å². The number of rotatable bonds is 6. The number of halogens is 1. The molecule has 0 aromatic heterocycles. The van der Waals surface area contributed by atoms with E-state index in [4.69, 9.17) is 16.3 Å². The molecule has 0 aliphatic carbocycles. The Hall–Kier alpha value is -3.29. The highest BCUT2D eigenvalue weighted by Gasteiger charge is 2.36. The maximum atomic E-state index is 13.2. The highest BCUT2D eigenvalue weighted by atomic mass is 35.5. The summed E-state index contributed by atoms with van der Waals surface area (Å²) >= 11 is 7.39. The van der Waals surface area contributed by atoms with Crippen molar-refractivity contribution in [1.29, 1.82) is 0 Å². The Bertz CT molecular complexity index is 1190. The van der Waals surface area contributed by atoms with Crippen molar-refractivity contribution < 1.29 is 14.3 Å². The number of carbonyl (C=O) groups is 2. The monoisotopic (exact) mass is 479 g/mol. The van der Waals surface area contributed by atoms with Crippen LogP contribution in [-0.2, 0) is 16.1 Å². The highest BCUT2D eigenvalue weighted by molar-refractivity contribution is 8.15. The Morgan fingerprint density at radius 2 is 1.88 bits per heavy atom. The summed E-state index contributed by atoms with van der Waals surface area (Å²) in [6.45, 7) is 0.368. The molecule has 168 valence electrons. The highest BCUT2D eigenvalue weighted by Crippen LogP contribution is 2.32. The first kappa shape index (κ1) is 22.9. The molecule has 4 rings (SSSR count). The zero-order valence-electron chi connectivity index (χ0n) is 17.9. The first-order valence-electron chi connectivity index (χ1n) is 10.3. The molecule has 0 spiro atoms. The molecular formula is C25H22ClN3O3S. The van der Waals surface area contributed by atoms with Gasteiger partial charge in [-0.2, -0.15) is 0 Å². The Kier molecular flexibility index (Phi) is 7.32. The van der Waals surface area contributed by atoms with Gasteiger partial charge in [0, 0.05) is 11.4 Å². The largest absolute Gasteiger partial charge is 0.495 e. The van der Waals surface area contributed by atoms with Gasteiger partial charge in [-0.3, -0.25) is 14.5 Å². The van der Waals surface area contributed by atoms with Crippen molar-refractivity contribution in [1.82, 2.24) is 4.90 Å². The van der Waals surface area contributed by atoms with Gasteiger partial charge in [-0.25, -0.2) is 4.99 Å². The summed E-state index contributed by atoms with van der Waals surface area (Å²) in [7, 11) is 1.54. The van der Waals surface area contributed by atoms with E-state index in [1.807, 2.05) is 48.5 Å². The van der Waals surface area contributed by atoms with Crippen LogP contribution in [-0.4, -0.2) is 34.2 Å². The minimum absolute atomic E-state index is 0.0625. The smallest absolute Gasteiger partial charge is 0.238 e. The zero-order valence-corrected chi connectivity index (χ0v) is 19.5. The van der Waals surface area contributed by atoms with Gasteiger partial charge in [-0.15, -0.1) is 0 Å². The van der Waals surface area contributed by atoms with Crippen LogP contribution < -0.4 is 10.1 Å². The number of amidine groups is 1. The fourth-order valence-electron chi connectivity index (χ4n) is 3.38. The van der Waals surface area contributed by atoms with E-state index in [0.29, 0.717) is 33.9 Å². The quantitative estimate of drug-likeness (QED) is 0.506. The minimum Gasteiger partial charge on any atom is -0.495 e. The SMILES string of the molecule is COc1ccccc1NC(=O)C1CC(=O)N(Cc2ccccc2)C(=Nc2cccc(Cl)c2)S1. The molecule has 6 nitrogen and oxygen atoms in total. The van der Waals surface area contributed by atoms with Gasteiger partial charge >= 0.3 is 0 Å². The summed E-state index contributed by atoms with van der Waals surface area (Å²) in [6, 6.07) is 23.9. The first-order chi connectivity index (χ1) is 16.0. The summed E-state index contributed by atoms with van der Waals surface area (Å²) < 4.78 is 5.32. The van der Waals surface area contributed by atoms with Crippen molar-refractivity contribution in [3.63, 3.8) is 0 Å². The van der Waals surface area contributed by atoms with Crippen LogP contribution in [0.3, 0.4) is 0 Å². The number of anilines is 1. The summed E-state index contributed by atoms with van der Waals surface area (Å²) in [5, 5.41) is 3.25. The number of aliphatic imine (C=N–C) groups is 1. The van der Waals surface area contributed by atoms with Crippen molar-refractivity contribution in [2.24, 2.45) is 4.99 Å². The van der Waals surface area contributed by atoms with E-state index in [9.17, 15) is 9.59 Å². The molecule has 0 radical (unpaired) electrons. The number of nitrogens with zero attached hydrogens (tertiary/aromatic N) is 2. The lowest BCUT2D eigenvalue weighted by molar-refractivity contribution is -0.129. The average Bonchev–Trinajstić information content (AvgIpc) is 2.82. The average molecular weight is 480 g/mol. The Balaban J connectivity index is 1.61. The van der Waals surface area contributed by atoms with E-state index in [-0.39, 0.29) is 18.2 Å². The molecule has 1 fully saturated rings. The standard InChI is InChI=1S/C25H22ClN3O3S/c1-32-21-13-6-5-12-20(21)28-24(31)22-15-23(30)29(16-17-8-3-2-4-9-17)25(33-22)27-19-11-7-10-18(26)14-19/h2-14,22H,15-16H2,1H3,(H,28,31). The van der Waals surface area contributed by atoms with Gasteiger partial charge < -0.3 is 10.1 Å². The maximum absolute atomic E-state index is 13.2.